The SMILES string of the molecule is Oc1ccc2c(c1)CCN(Cc1ccc(C3COc4ccccc4O3)cc1)C2. The summed E-state index contributed by atoms with van der Waals surface area (Å²) in [7, 11) is 0. The van der Waals surface area contributed by atoms with Gasteiger partial charge in [0, 0.05) is 19.6 Å². The Balaban J connectivity index is 1.24. The third kappa shape index (κ3) is 3.43. The molecule has 1 N–H and O–H groups in total. The highest BCUT2D eigenvalue weighted by atomic mass is 16.6. The molecule has 0 bridgehead atoms. The molecule has 2 aliphatic rings. The zero-order valence-corrected chi connectivity index (χ0v) is 15.7. The van der Waals surface area contributed by atoms with E-state index in [2.05, 4.69) is 29.2 Å². The second-order valence-corrected chi connectivity index (χ2v) is 7.52. The van der Waals surface area contributed by atoms with E-state index in [-0.39, 0.29) is 6.10 Å². The average molecular weight is 373 g/mol. The molecular formula is C24H23NO3. The topological polar surface area (TPSA) is 41.9 Å². The van der Waals surface area contributed by atoms with E-state index in [1.807, 2.05) is 36.4 Å². The fraction of sp³-hybridized carbons (Fsp3) is 0.250. The molecule has 5 rings (SSSR count). The zero-order valence-electron chi connectivity index (χ0n) is 15.7. The molecule has 1 unspecified atom stereocenters. The number of fused-ring (bicyclic) bond motifs is 2. The number of para-hydroxylation sites is 2. The van der Waals surface area contributed by atoms with Crippen LogP contribution in [0.1, 0.15) is 28.4 Å². The monoisotopic (exact) mass is 373 g/mol. The predicted octanol–water partition coefficient (Wildman–Crippen LogP) is 4.46. The van der Waals surface area contributed by atoms with E-state index in [1.165, 1.54) is 16.7 Å². The van der Waals surface area contributed by atoms with Crippen LogP contribution in [0.4, 0.5) is 0 Å². The number of hydrogen-bond donors (Lipinski definition) is 1. The Morgan fingerprint density at radius 1 is 0.929 bits per heavy atom. The van der Waals surface area contributed by atoms with Crippen molar-refractivity contribution in [2.45, 2.75) is 25.6 Å². The Hall–Kier alpha value is -2.98. The number of phenolic OH excluding ortho intramolecular Hbond substituents is 1. The van der Waals surface area contributed by atoms with Crippen LogP contribution in [0.2, 0.25) is 0 Å². The fourth-order valence-corrected chi connectivity index (χ4v) is 4.01. The highest BCUT2D eigenvalue weighted by Gasteiger charge is 2.22. The molecule has 0 radical (unpaired) electrons. The number of rotatable bonds is 3. The molecule has 28 heavy (non-hydrogen) atoms. The third-order valence-corrected chi connectivity index (χ3v) is 5.55. The van der Waals surface area contributed by atoms with Crippen molar-refractivity contribution in [3.05, 3.63) is 89.0 Å². The fourth-order valence-electron chi connectivity index (χ4n) is 4.01. The number of benzene rings is 3. The maximum atomic E-state index is 9.64. The molecule has 0 fully saturated rings. The summed E-state index contributed by atoms with van der Waals surface area (Å²) in [6.07, 6.45) is 0.910. The van der Waals surface area contributed by atoms with Crippen LogP contribution >= 0.6 is 0 Å². The second kappa shape index (κ2) is 7.21. The maximum Gasteiger partial charge on any atom is 0.162 e. The van der Waals surface area contributed by atoms with E-state index >= 15 is 0 Å². The molecule has 0 saturated carbocycles. The highest BCUT2D eigenvalue weighted by molar-refractivity contribution is 5.42. The summed E-state index contributed by atoms with van der Waals surface area (Å²) < 4.78 is 11.9. The smallest absolute Gasteiger partial charge is 0.162 e. The first kappa shape index (κ1) is 17.1. The van der Waals surface area contributed by atoms with Crippen molar-refractivity contribution in [2.24, 2.45) is 0 Å². The van der Waals surface area contributed by atoms with Crippen LogP contribution in [-0.2, 0) is 19.5 Å². The van der Waals surface area contributed by atoms with Gasteiger partial charge in [-0.1, -0.05) is 42.5 Å². The van der Waals surface area contributed by atoms with Gasteiger partial charge in [-0.2, -0.15) is 0 Å². The molecule has 0 spiro atoms. The van der Waals surface area contributed by atoms with Crippen molar-refractivity contribution in [3.63, 3.8) is 0 Å². The first-order chi connectivity index (χ1) is 13.7. The average Bonchev–Trinajstić information content (AvgIpc) is 2.74. The number of ether oxygens (including phenoxy) is 2. The summed E-state index contributed by atoms with van der Waals surface area (Å²) >= 11 is 0. The minimum absolute atomic E-state index is 0.0708. The van der Waals surface area contributed by atoms with E-state index in [4.69, 9.17) is 9.47 Å². The van der Waals surface area contributed by atoms with Gasteiger partial charge >= 0.3 is 0 Å². The van der Waals surface area contributed by atoms with Gasteiger partial charge in [-0.25, -0.2) is 0 Å². The summed E-state index contributed by atoms with van der Waals surface area (Å²) in [5, 5.41) is 9.64. The molecule has 2 aliphatic heterocycles. The van der Waals surface area contributed by atoms with Gasteiger partial charge < -0.3 is 14.6 Å². The van der Waals surface area contributed by atoms with Crippen molar-refractivity contribution in [1.82, 2.24) is 4.90 Å². The normalized spacial score (nSPS) is 18.5. The van der Waals surface area contributed by atoms with Crippen LogP contribution in [0.3, 0.4) is 0 Å². The van der Waals surface area contributed by atoms with Crippen LogP contribution < -0.4 is 9.47 Å². The van der Waals surface area contributed by atoms with Gasteiger partial charge in [-0.3, -0.25) is 4.90 Å². The standard InChI is InChI=1S/C24H23NO3/c26-21-10-9-20-15-25(12-11-19(20)13-21)14-17-5-7-18(8-6-17)24-16-27-22-3-1-2-4-23(22)28-24/h1-10,13,24,26H,11-12,14-16H2. The van der Waals surface area contributed by atoms with Crippen molar-refractivity contribution < 1.29 is 14.6 Å². The number of hydrogen-bond acceptors (Lipinski definition) is 4. The quantitative estimate of drug-likeness (QED) is 0.736. The molecule has 4 nitrogen and oxygen atoms in total. The van der Waals surface area contributed by atoms with Crippen LogP contribution in [-0.4, -0.2) is 23.2 Å². The van der Waals surface area contributed by atoms with Gasteiger partial charge in [0.15, 0.2) is 17.6 Å². The predicted molar refractivity (Wildman–Crippen MR) is 108 cm³/mol. The largest absolute Gasteiger partial charge is 0.508 e. The van der Waals surface area contributed by atoms with Crippen molar-refractivity contribution in [2.75, 3.05) is 13.2 Å². The summed E-state index contributed by atoms with van der Waals surface area (Å²) in [6, 6.07) is 22.2. The van der Waals surface area contributed by atoms with E-state index in [0.717, 1.165) is 43.1 Å². The van der Waals surface area contributed by atoms with Gasteiger partial charge in [-0.15, -0.1) is 0 Å². The lowest BCUT2D eigenvalue weighted by Gasteiger charge is -2.29. The molecule has 2 heterocycles. The number of aromatic hydroxyl groups is 1. The van der Waals surface area contributed by atoms with E-state index in [9.17, 15) is 5.11 Å². The van der Waals surface area contributed by atoms with E-state index in [0.29, 0.717) is 12.4 Å². The van der Waals surface area contributed by atoms with E-state index in [1.54, 1.807) is 6.07 Å². The third-order valence-electron chi connectivity index (χ3n) is 5.55. The molecule has 1 atom stereocenters. The Morgan fingerprint density at radius 2 is 1.75 bits per heavy atom. The number of nitrogens with zero attached hydrogens (tertiary/aromatic N) is 1. The molecule has 0 aliphatic carbocycles. The lowest BCUT2D eigenvalue weighted by molar-refractivity contribution is 0.0913. The molecular weight excluding hydrogens is 350 g/mol. The lowest BCUT2D eigenvalue weighted by atomic mass is 9.98. The Kier molecular flexibility index (Phi) is 4.41. The molecule has 0 saturated heterocycles. The summed E-state index contributed by atoms with van der Waals surface area (Å²) in [5.41, 5.74) is 5.01. The van der Waals surface area contributed by atoms with Crippen LogP contribution in [0.25, 0.3) is 0 Å². The van der Waals surface area contributed by atoms with Gasteiger partial charge in [0.2, 0.25) is 0 Å². The Bertz CT molecular complexity index is 983. The van der Waals surface area contributed by atoms with Crippen LogP contribution in [0, 0.1) is 0 Å². The molecule has 3 aromatic carbocycles. The van der Waals surface area contributed by atoms with Gasteiger partial charge in [0.25, 0.3) is 0 Å². The van der Waals surface area contributed by atoms with Crippen LogP contribution in [0.5, 0.6) is 17.2 Å². The molecule has 3 aromatic rings. The summed E-state index contributed by atoms with van der Waals surface area (Å²) in [6.45, 7) is 3.39. The van der Waals surface area contributed by atoms with Gasteiger partial charge in [-0.05, 0) is 52.9 Å². The minimum atomic E-state index is -0.0708. The van der Waals surface area contributed by atoms with Crippen molar-refractivity contribution >= 4 is 0 Å². The zero-order chi connectivity index (χ0) is 18.9. The molecule has 4 heteroatoms. The minimum Gasteiger partial charge on any atom is -0.508 e. The Labute approximate surface area is 165 Å². The number of phenols is 1. The maximum absolute atomic E-state index is 9.64. The molecule has 0 amide bonds. The van der Waals surface area contributed by atoms with E-state index < -0.39 is 0 Å². The Morgan fingerprint density at radius 3 is 2.61 bits per heavy atom. The van der Waals surface area contributed by atoms with Gasteiger partial charge in [0.1, 0.15) is 12.4 Å². The van der Waals surface area contributed by atoms with Crippen LogP contribution in [0.15, 0.2) is 66.7 Å². The first-order valence-electron chi connectivity index (χ1n) is 9.75. The first-order valence-corrected chi connectivity index (χ1v) is 9.75. The summed E-state index contributed by atoms with van der Waals surface area (Å²) in [5.74, 6) is 1.98. The van der Waals surface area contributed by atoms with Crippen molar-refractivity contribution in [3.8, 4) is 17.2 Å². The lowest BCUT2D eigenvalue weighted by Crippen LogP contribution is -2.30. The highest BCUT2D eigenvalue weighted by Crippen LogP contribution is 2.36. The van der Waals surface area contributed by atoms with Crippen molar-refractivity contribution in [1.29, 1.82) is 0 Å². The molecule has 0 aromatic heterocycles. The summed E-state index contributed by atoms with van der Waals surface area (Å²) in [4.78, 5) is 2.45. The van der Waals surface area contributed by atoms with Gasteiger partial charge in [0.05, 0.1) is 0 Å². The molecule has 142 valence electrons. The second-order valence-electron chi connectivity index (χ2n) is 7.52.